The van der Waals surface area contributed by atoms with Crippen LogP contribution in [-0.4, -0.2) is 43.1 Å². The highest BCUT2D eigenvalue weighted by atomic mass is 19.1. The molecule has 2 aromatic rings. The number of carbonyl (C=O) groups is 3. The van der Waals surface area contributed by atoms with Crippen molar-refractivity contribution in [3.05, 3.63) is 53.3 Å². The van der Waals surface area contributed by atoms with E-state index in [2.05, 4.69) is 5.32 Å². The molecular formula is C20H17FN2O6. The molecule has 2 aliphatic rings. The number of ketones is 1. The van der Waals surface area contributed by atoms with Crippen molar-refractivity contribution in [2.24, 2.45) is 0 Å². The van der Waals surface area contributed by atoms with E-state index in [-0.39, 0.29) is 18.1 Å². The molecule has 2 heterocycles. The summed E-state index contributed by atoms with van der Waals surface area (Å²) in [5, 5.41) is 2.62. The Balaban J connectivity index is 1.56. The monoisotopic (exact) mass is 400 g/mol. The number of benzene rings is 2. The SMILES string of the molecule is COc1ccc(C(=O)CN2C(=O)N[C@@](C)(c3ccc4c(c3)OCO4)C2=O)cc1F. The number of methoxy groups -OCH3 is 1. The molecule has 0 aromatic heterocycles. The van der Waals surface area contributed by atoms with Crippen LogP contribution in [0, 0.1) is 5.82 Å². The standard InChI is InChI=1S/C20H17FN2O6/c1-20(12-4-6-16-17(8-12)29-10-28-16)18(25)23(19(26)22-20)9-14(24)11-3-5-15(27-2)13(21)7-11/h3-8H,9-10H2,1-2H3,(H,22,26)/t20-/m0/s1. The summed E-state index contributed by atoms with van der Waals surface area (Å²) in [6, 6.07) is 7.90. The Kier molecular flexibility index (Phi) is 4.37. The molecule has 4 rings (SSSR count). The number of ether oxygens (including phenoxy) is 3. The first-order valence-corrected chi connectivity index (χ1v) is 8.74. The molecule has 0 radical (unpaired) electrons. The fourth-order valence-electron chi connectivity index (χ4n) is 3.32. The van der Waals surface area contributed by atoms with Gasteiger partial charge in [0.15, 0.2) is 28.8 Å². The van der Waals surface area contributed by atoms with Crippen LogP contribution in [0.25, 0.3) is 0 Å². The van der Waals surface area contributed by atoms with E-state index >= 15 is 0 Å². The van der Waals surface area contributed by atoms with Gasteiger partial charge in [-0.3, -0.25) is 14.5 Å². The van der Waals surface area contributed by atoms with Crippen molar-refractivity contribution < 1.29 is 33.0 Å². The third-order valence-electron chi connectivity index (χ3n) is 5.00. The van der Waals surface area contributed by atoms with Crippen LogP contribution in [0.3, 0.4) is 0 Å². The van der Waals surface area contributed by atoms with E-state index < -0.39 is 35.6 Å². The van der Waals surface area contributed by atoms with Crippen molar-refractivity contribution in [2.45, 2.75) is 12.5 Å². The van der Waals surface area contributed by atoms with Crippen LogP contribution in [-0.2, 0) is 10.3 Å². The fourth-order valence-corrected chi connectivity index (χ4v) is 3.32. The minimum Gasteiger partial charge on any atom is -0.494 e. The van der Waals surface area contributed by atoms with E-state index in [0.29, 0.717) is 17.1 Å². The number of carbonyl (C=O) groups excluding carboxylic acids is 3. The normalized spacial score (nSPS) is 20.0. The number of imide groups is 1. The number of halogens is 1. The lowest BCUT2D eigenvalue weighted by Gasteiger charge is -2.22. The number of amides is 3. The number of urea groups is 1. The first-order valence-electron chi connectivity index (χ1n) is 8.74. The highest BCUT2D eigenvalue weighted by molar-refractivity contribution is 6.11. The molecule has 3 amide bonds. The minimum absolute atomic E-state index is 0.00748. The third-order valence-corrected chi connectivity index (χ3v) is 5.00. The molecule has 0 unspecified atom stereocenters. The average molecular weight is 400 g/mol. The van der Waals surface area contributed by atoms with Gasteiger partial charge in [-0.1, -0.05) is 6.07 Å². The largest absolute Gasteiger partial charge is 0.494 e. The lowest BCUT2D eigenvalue weighted by molar-refractivity contribution is -0.130. The van der Waals surface area contributed by atoms with Crippen molar-refractivity contribution in [2.75, 3.05) is 20.4 Å². The molecule has 1 fully saturated rings. The van der Waals surface area contributed by atoms with Gasteiger partial charge >= 0.3 is 6.03 Å². The summed E-state index contributed by atoms with van der Waals surface area (Å²) in [4.78, 5) is 38.8. The summed E-state index contributed by atoms with van der Waals surface area (Å²) in [5.74, 6) is -0.877. The van der Waals surface area contributed by atoms with Crippen molar-refractivity contribution in [1.29, 1.82) is 0 Å². The maximum absolute atomic E-state index is 13.9. The predicted octanol–water partition coefficient (Wildman–Crippen LogP) is 2.21. The van der Waals surface area contributed by atoms with Crippen molar-refractivity contribution in [1.82, 2.24) is 10.2 Å². The van der Waals surface area contributed by atoms with Gasteiger partial charge in [0, 0.05) is 5.56 Å². The maximum Gasteiger partial charge on any atom is 0.325 e. The molecule has 29 heavy (non-hydrogen) atoms. The van der Waals surface area contributed by atoms with Crippen LogP contribution in [0.1, 0.15) is 22.8 Å². The molecule has 0 aliphatic carbocycles. The van der Waals surface area contributed by atoms with E-state index in [4.69, 9.17) is 14.2 Å². The van der Waals surface area contributed by atoms with Gasteiger partial charge < -0.3 is 19.5 Å². The summed E-state index contributed by atoms with van der Waals surface area (Å²) in [6.07, 6.45) is 0. The summed E-state index contributed by atoms with van der Waals surface area (Å²) in [5.41, 5.74) is -0.852. The van der Waals surface area contributed by atoms with Gasteiger partial charge in [-0.05, 0) is 42.8 Å². The lowest BCUT2D eigenvalue weighted by atomic mass is 9.91. The second-order valence-corrected chi connectivity index (χ2v) is 6.79. The smallest absolute Gasteiger partial charge is 0.325 e. The maximum atomic E-state index is 13.9. The van der Waals surface area contributed by atoms with E-state index in [1.54, 1.807) is 25.1 Å². The molecule has 0 bridgehead atoms. The second-order valence-electron chi connectivity index (χ2n) is 6.79. The number of hydrogen-bond donors (Lipinski definition) is 1. The Morgan fingerprint density at radius 1 is 1.21 bits per heavy atom. The number of fused-ring (bicyclic) bond motifs is 1. The van der Waals surface area contributed by atoms with Crippen LogP contribution in [0.4, 0.5) is 9.18 Å². The molecule has 0 spiro atoms. The second kappa shape index (κ2) is 6.77. The first kappa shape index (κ1) is 18.7. The molecule has 0 saturated carbocycles. The lowest BCUT2D eigenvalue weighted by Crippen LogP contribution is -2.41. The summed E-state index contributed by atoms with van der Waals surface area (Å²) >= 11 is 0. The molecular weight excluding hydrogens is 383 g/mol. The van der Waals surface area contributed by atoms with Crippen molar-refractivity contribution in [3.8, 4) is 17.2 Å². The van der Waals surface area contributed by atoms with E-state index in [1.165, 1.54) is 19.2 Å². The van der Waals surface area contributed by atoms with Crippen LogP contribution in [0.5, 0.6) is 17.2 Å². The first-order chi connectivity index (χ1) is 13.8. The topological polar surface area (TPSA) is 94.2 Å². The fraction of sp³-hybridized carbons (Fsp3) is 0.250. The summed E-state index contributed by atoms with van der Waals surface area (Å²) in [6.45, 7) is 1.10. The molecule has 1 N–H and O–H groups in total. The summed E-state index contributed by atoms with van der Waals surface area (Å²) < 4.78 is 29.3. The van der Waals surface area contributed by atoms with Crippen LogP contribution < -0.4 is 19.5 Å². The number of hydrogen-bond acceptors (Lipinski definition) is 6. The zero-order valence-corrected chi connectivity index (χ0v) is 15.7. The van der Waals surface area contributed by atoms with Gasteiger partial charge in [-0.2, -0.15) is 0 Å². The minimum atomic E-state index is -1.37. The molecule has 8 nitrogen and oxygen atoms in total. The number of nitrogens with zero attached hydrogens (tertiary/aromatic N) is 1. The zero-order valence-electron chi connectivity index (χ0n) is 15.7. The molecule has 9 heteroatoms. The third kappa shape index (κ3) is 3.04. The molecule has 2 aromatic carbocycles. The highest BCUT2D eigenvalue weighted by Gasteiger charge is 2.49. The summed E-state index contributed by atoms with van der Waals surface area (Å²) in [7, 11) is 1.31. The van der Waals surface area contributed by atoms with Gasteiger partial charge in [0.05, 0.1) is 13.7 Å². The van der Waals surface area contributed by atoms with Crippen LogP contribution in [0.15, 0.2) is 36.4 Å². The Morgan fingerprint density at radius 3 is 2.69 bits per heavy atom. The predicted molar refractivity (Wildman–Crippen MR) is 97.4 cm³/mol. The van der Waals surface area contributed by atoms with Gasteiger partial charge in [0.1, 0.15) is 5.54 Å². The highest BCUT2D eigenvalue weighted by Crippen LogP contribution is 2.37. The molecule has 2 aliphatic heterocycles. The van der Waals surface area contributed by atoms with Crippen molar-refractivity contribution >= 4 is 17.7 Å². The Hall–Kier alpha value is -3.62. The molecule has 1 saturated heterocycles. The Morgan fingerprint density at radius 2 is 1.97 bits per heavy atom. The zero-order chi connectivity index (χ0) is 20.8. The number of rotatable bonds is 5. The van der Waals surface area contributed by atoms with E-state index in [9.17, 15) is 18.8 Å². The van der Waals surface area contributed by atoms with Gasteiger partial charge in [-0.25, -0.2) is 9.18 Å². The Bertz CT molecular complexity index is 1040. The number of Topliss-reactive ketones (excluding diaryl/α,β-unsaturated/α-hetero) is 1. The molecule has 1 atom stereocenters. The quantitative estimate of drug-likeness (QED) is 0.611. The van der Waals surface area contributed by atoms with E-state index in [0.717, 1.165) is 11.0 Å². The van der Waals surface area contributed by atoms with E-state index in [1.807, 2.05) is 0 Å². The number of nitrogens with one attached hydrogen (secondary N) is 1. The van der Waals surface area contributed by atoms with Gasteiger partial charge in [0.25, 0.3) is 5.91 Å². The van der Waals surface area contributed by atoms with Gasteiger partial charge in [0.2, 0.25) is 6.79 Å². The van der Waals surface area contributed by atoms with Gasteiger partial charge in [-0.15, -0.1) is 0 Å². The van der Waals surface area contributed by atoms with Crippen LogP contribution >= 0.6 is 0 Å². The van der Waals surface area contributed by atoms with Crippen LogP contribution in [0.2, 0.25) is 0 Å². The molecule has 150 valence electrons. The Labute approximate surface area is 165 Å². The average Bonchev–Trinajstić information content (AvgIpc) is 3.26. The van der Waals surface area contributed by atoms with Crippen molar-refractivity contribution in [3.63, 3.8) is 0 Å².